The predicted molar refractivity (Wildman–Crippen MR) is 55.3 cm³/mol. The van der Waals surface area contributed by atoms with E-state index in [-0.39, 0.29) is 11.6 Å². The van der Waals surface area contributed by atoms with Gasteiger partial charge >= 0.3 is 0 Å². The number of hydrogen-bond donors (Lipinski definition) is 0. The Kier molecular flexibility index (Phi) is 1.76. The predicted octanol–water partition coefficient (Wildman–Crippen LogP) is 2.76. The first-order chi connectivity index (χ1) is 7.24. The van der Waals surface area contributed by atoms with Crippen LogP contribution in [-0.4, -0.2) is 5.78 Å². The lowest BCUT2D eigenvalue weighted by atomic mass is 9.57. The van der Waals surface area contributed by atoms with Crippen molar-refractivity contribution in [3.05, 3.63) is 35.1 Å². The highest BCUT2D eigenvalue weighted by Gasteiger charge is 2.49. The maximum Gasteiger partial charge on any atom is 0.143 e. The summed E-state index contributed by atoms with van der Waals surface area (Å²) in [6, 6.07) is 5.19. The van der Waals surface area contributed by atoms with E-state index in [4.69, 9.17) is 0 Å². The van der Waals surface area contributed by atoms with E-state index in [1.807, 2.05) is 6.07 Å². The van der Waals surface area contributed by atoms with Crippen LogP contribution in [0.5, 0.6) is 0 Å². The molecule has 1 aromatic carbocycles. The largest absolute Gasteiger partial charge is 0.299 e. The van der Waals surface area contributed by atoms with Crippen LogP contribution in [0.15, 0.2) is 18.2 Å². The molecule has 0 heterocycles. The molecule has 2 aliphatic rings. The Morgan fingerprint density at radius 1 is 1.20 bits per heavy atom. The molecular weight excluding hydrogens is 191 g/mol. The summed E-state index contributed by atoms with van der Waals surface area (Å²) >= 11 is 0. The minimum atomic E-state index is -0.432. The fourth-order valence-electron chi connectivity index (χ4n) is 3.00. The van der Waals surface area contributed by atoms with Gasteiger partial charge in [0, 0.05) is 12.0 Å². The molecule has 0 amide bonds. The summed E-state index contributed by atoms with van der Waals surface area (Å²) in [4.78, 5) is 11.9. The summed E-state index contributed by atoms with van der Waals surface area (Å²) in [6.45, 7) is 0. The molecule has 1 nitrogen and oxygen atoms in total. The Hall–Kier alpha value is -1.18. The van der Waals surface area contributed by atoms with Gasteiger partial charge in [0.25, 0.3) is 0 Å². The first-order valence-electron chi connectivity index (χ1n) is 5.55. The van der Waals surface area contributed by atoms with Crippen molar-refractivity contribution in [2.75, 3.05) is 0 Å². The molecule has 1 fully saturated rings. The van der Waals surface area contributed by atoms with E-state index < -0.39 is 5.41 Å². The maximum absolute atomic E-state index is 13.8. The fourth-order valence-corrected chi connectivity index (χ4v) is 3.00. The number of carbonyl (C=O) groups is 1. The summed E-state index contributed by atoms with van der Waals surface area (Å²) in [6.07, 6.45) is 4.06. The van der Waals surface area contributed by atoms with Gasteiger partial charge in [-0.1, -0.05) is 18.6 Å². The molecule has 0 bridgehead atoms. The van der Waals surface area contributed by atoms with Gasteiger partial charge in [0.2, 0.25) is 0 Å². The molecule has 15 heavy (non-hydrogen) atoms. The molecule has 1 spiro atoms. The first kappa shape index (κ1) is 9.08. The van der Waals surface area contributed by atoms with Crippen molar-refractivity contribution in [1.82, 2.24) is 0 Å². The summed E-state index contributed by atoms with van der Waals surface area (Å²) in [5.41, 5.74) is 1.33. The third-order valence-electron chi connectivity index (χ3n) is 3.94. The number of carbonyl (C=O) groups excluding carboxylic acids is 1. The van der Waals surface area contributed by atoms with Gasteiger partial charge in [-0.3, -0.25) is 4.79 Å². The number of Topliss-reactive ketones (excluding diaryl/α,β-unsaturated/α-hetero) is 1. The Morgan fingerprint density at radius 2 is 2.00 bits per heavy atom. The molecule has 3 rings (SSSR count). The molecule has 1 saturated carbocycles. The minimum Gasteiger partial charge on any atom is -0.299 e. The highest BCUT2D eigenvalue weighted by Crippen LogP contribution is 2.49. The fraction of sp³-hybridized carbons (Fsp3) is 0.462. The van der Waals surface area contributed by atoms with Gasteiger partial charge in [0.05, 0.1) is 5.41 Å². The van der Waals surface area contributed by atoms with Crippen LogP contribution in [0.4, 0.5) is 4.39 Å². The van der Waals surface area contributed by atoms with E-state index in [9.17, 15) is 9.18 Å². The van der Waals surface area contributed by atoms with Crippen molar-refractivity contribution < 1.29 is 9.18 Å². The lowest BCUT2D eigenvalue weighted by Gasteiger charge is -2.44. The van der Waals surface area contributed by atoms with Crippen molar-refractivity contribution in [3.8, 4) is 0 Å². The Balaban J connectivity index is 2.23. The zero-order valence-electron chi connectivity index (χ0n) is 8.55. The highest BCUT2D eigenvalue weighted by atomic mass is 19.1. The van der Waals surface area contributed by atoms with E-state index in [1.54, 1.807) is 6.07 Å². The second-order valence-electron chi connectivity index (χ2n) is 4.63. The van der Waals surface area contributed by atoms with Crippen molar-refractivity contribution in [2.24, 2.45) is 0 Å². The lowest BCUT2D eigenvalue weighted by molar-refractivity contribution is -0.128. The Bertz CT molecular complexity index is 432. The first-order valence-corrected chi connectivity index (χ1v) is 5.55. The van der Waals surface area contributed by atoms with Crippen LogP contribution in [0.1, 0.15) is 36.8 Å². The quantitative estimate of drug-likeness (QED) is 0.635. The van der Waals surface area contributed by atoms with Crippen molar-refractivity contribution in [2.45, 2.75) is 37.5 Å². The van der Waals surface area contributed by atoms with Crippen LogP contribution >= 0.6 is 0 Å². The van der Waals surface area contributed by atoms with Crippen LogP contribution in [0.3, 0.4) is 0 Å². The maximum atomic E-state index is 13.8. The second kappa shape index (κ2) is 2.91. The van der Waals surface area contributed by atoms with E-state index in [0.29, 0.717) is 18.4 Å². The molecule has 2 aliphatic carbocycles. The minimum absolute atomic E-state index is 0.180. The van der Waals surface area contributed by atoms with E-state index >= 15 is 0 Å². The SMILES string of the molecule is O=C1CCc2cccc(F)c2C12CCC2. The van der Waals surface area contributed by atoms with Gasteiger partial charge in [0.15, 0.2) is 0 Å². The monoisotopic (exact) mass is 204 g/mol. The number of hydrogen-bond acceptors (Lipinski definition) is 1. The number of fused-ring (bicyclic) bond motifs is 2. The highest BCUT2D eigenvalue weighted by molar-refractivity contribution is 5.93. The zero-order chi connectivity index (χ0) is 10.5. The third kappa shape index (κ3) is 1.05. The van der Waals surface area contributed by atoms with Crippen LogP contribution in [-0.2, 0) is 16.6 Å². The van der Waals surface area contributed by atoms with Gasteiger partial charge in [-0.25, -0.2) is 4.39 Å². The third-order valence-corrected chi connectivity index (χ3v) is 3.94. The smallest absolute Gasteiger partial charge is 0.143 e. The zero-order valence-corrected chi connectivity index (χ0v) is 8.55. The molecule has 1 aromatic rings. The van der Waals surface area contributed by atoms with Crippen LogP contribution in [0, 0.1) is 5.82 Å². The normalized spacial score (nSPS) is 22.3. The average Bonchev–Trinajstić information content (AvgIpc) is 2.16. The number of benzene rings is 1. The molecular formula is C13H13FO. The van der Waals surface area contributed by atoms with Gasteiger partial charge in [0.1, 0.15) is 11.6 Å². The van der Waals surface area contributed by atoms with Crippen LogP contribution in [0.25, 0.3) is 0 Å². The van der Waals surface area contributed by atoms with E-state index in [2.05, 4.69) is 0 Å². The Labute approximate surface area is 88.3 Å². The van der Waals surface area contributed by atoms with Crippen LogP contribution < -0.4 is 0 Å². The van der Waals surface area contributed by atoms with Gasteiger partial charge in [-0.15, -0.1) is 0 Å². The van der Waals surface area contributed by atoms with E-state index in [1.165, 1.54) is 6.07 Å². The van der Waals surface area contributed by atoms with Gasteiger partial charge in [-0.05, 0) is 30.9 Å². The second-order valence-corrected chi connectivity index (χ2v) is 4.63. The van der Waals surface area contributed by atoms with Gasteiger partial charge < -0.3 is 0 Å². The van der Waals surface area contributed by atoms with E-state index in [0.717, 1.165) is 24.8 Å². The van der Waals surface area contributed by atoms with Crippen molar-refractivity contribution in [1.29, 1.82) is 0 Å². The molecule has 0 radical (unpaired) electrons. The van der Waals surface area contributed by atoms with Crippen LogP contribution in [0.2, 0.25) is 0 Å². The van der Waals surface area contributed by atoms with Gasteiger partial charge in [-0.2, -0.15) is 0 Å². The number of rotatable bonds is 0. The standard InChI is InChI=1S/C13H13FO/c14-10-4-1-3-9-5-6-11(15)13(12(9)10)7-2-8-13/h1,3-4H,2,5-8H2. The van der Waals surface area contributed by atoms with Crippen molar-refractivity contribution >= 4 is 5.78 Å². The Morgan fingerprint density at radius 3 is 2.67 bits per heavy atom. The molecule has 0 aliphatic heterocycles. The lowest BCUT2D eigenvalue weighted by Crippen LogP contribution is -2.46. The summed E-state index contributed by atoms with van der Waals surface area (Å²) in [5, 5.41) is 0. The topological polar surface area (TPSA) is 17.1 Å². The summed E-state index contributed by atoms with van der Waals surface area (Å²) in [7, 11) is 0. The molecule has 2 heteroatoms. The summed E-state index contributed by atoms with van der Waals surface area (Å²) in [5.74, 6) is 0.0756. The molecule has 0 atom stereocenters. The average molecular weight is 204 g/mol. The molecule has 0 unspecified atom stereocenters. The number of ketones is 1. The number of halogens is 1. The van der Waals surface area contributed by atoms with Crippen molar-refractivity contribution in [3.63, 3.8) is 0 Å². The molecule has 78 valence electrons. The summed E-state index contributed by atoms with van der Waals surface area (Å²) < 4.78 is 13.8. The molecule has 0 saturated heterocycles. The molecule has 0 N–H and O–H groups in total. The molecule has 0 aromatic heterocycles. The number of aryl methyl sites for hydroxylation is 1.